The third-order valence-corrected chi connectivity index (χ3v) is 4.11. The highest BCUT2D eigenvalue weighted by Gasteiger charge is 2.47. The molecular formula is C14H15F6N. The van der Waals surface area contributed by atoms with Gasteiger partial charge in [-0.2, -0.15) is 26.3 Å². The van der Waals surface area contributed by atoms with Crippen LogP contribution in [0, 0.1) is 5.92 Å². The molecule has 0 unspecified atom stereocenters. The molecule has 1 fully saturated rings. The Morgan fingerprint density at radius 3 is 1.95 bits per heavy atom. The second-order valence-electron chi connectivity index (χ2n) is 5.52. The second-order valence-corrected chi connectivity index (χ2v) is 5.52. The summed E-state index contributed by atoms with van der Waals surface area (Å²) >= 11 is 0. The lowest BCUT2D eigenvalue weighted by atomic mass is 9.72. The summed E-state index contributed by atoms with van der Waals surface area (Å²) in [4.78, 5) is 0. The summed E-state index contributed by atoms with van der Waals surface area (Å²) in [6, 6.07) is 4.85. The van der Waals surface area contributed by atoms with Crippen molar-refractivity contribution in [3.8, 4) is 0 Å². The minimum absolute atomic E-state index is 0.107. The third-order valence-electron chi connectivity index (χ3n) is 4.11. The van der Waals surface area contributed by atoms with Gasteiger partial charge in [-0.1, -0.05) is 18.2 Å². The summed E-state index contributed by atoms with van der Waals surface area (Å²) in [5.41, 5.74) is 3.69. The van der Waals surface area contributed by atoms with Gasteiger partial charge < -0.3 is 5.73 Å². The number of rotatable bonds is 1. The number of hydrogen-bond donors (Lipinski definition) is 1. The van der Waals surface area contributed by atoms with Crippen molar-refractivity contribution in [1.29, 1.82) is 0 Å². The van der Waals surface area contributed by atoms with Gasteiger partial charge in [-0.25, -0.2) is 0 Å². The third kappa shape index (κ3) is 3.33. The van der Waals surface area contributed by atoms with Crippen molar-refractivity contribution in [3.63, 3.8) is 0 Å². The summed E-state index contributed by atoms with van der Waals surface area (Å²) in [5, 5.41) is 0. The lowest BCUT2D eigenvalue weighted by molar-refractivity contribution is -0.185. The molecule has 118 valence electrons. The van der Waals surface area contributed by atoms with Gasteiger partial charge in [0.25, 0.3) is 0 Å². The molecule has 0 amide bonds. The molecule has 0 saturated heterocycles. The van der Waals surface area contributed by atoms with Crippen LogP contribution in [-0.2, 0) is 11.7 Å². The zero-order valence-electron chi connectivity index (χ0n) is 11.1. The maximum atomic E-state index is 13.0. The van der Waals surface area contributed by atoms with Gasteiger partial charge in [0.1, 0.15) is 0 Å². The van der Waals surface area contributed by atoms with Crippen molar-refractivity contribution in [2.75, 3.05) is 0 Å². The SMILES string of the molecule is NC1(c2ccccc2C(F)(F)F)CCC(C(F)(F)F)CC1. The number of alkyl halides is 6. The number of benzene rings is 1. The van der Waals surface area contributed by atoms with E-state index in [1.165, 1.54) is 18.2 Å². The van der Waals surface area contributed by atoms with Gasteiger partial charge in [-0.3, -0.25) is 0 Å². The molecule has 1 aliphatic rings. The molecule has 0 aliphatic heterocycles. The summed E-state index contributed by atoms with van der Waals surface area (Å²) in [5.74, 6) is -1.48. The van der Waals surface area contributed by atoms with Crippen LogP contribution in [-0.4, -0.2) is 6.18 Å². The summed E-state index contributed by atoms with van der Waals surface area (Å²) < 4.78 is 76.9. The van der Waals surface area contributed by atoms with E-state index in [9.17, 15) is 26.3 Å². The molecule has 0 bridgehead atoms. The van der Waals surface area contributed by atoms with Crippen LogP contribution in [0.15, 0.2) is 24.3 Å². The molecule has 1 aromatic rings. The van der Waals surface area contributed by atoms with Crippen LogP contribution in [0.5, 0.6) is 0 Å². The Balaban J connectivity index is 2.28. The molecule has 0 heterocycles. The van der Waals surface area contributed by atoms with E-state index in [4.69, 9.17) is 5.73 Å². The summed E-state index contributed by atoms with van der Waals surface area (Å²) in [6.07, 6.45) is -9.58. The first-order chi connectivity index (χ1) is 9.54. The van der Waals surface area contributed by atoms with Crippen molar-refractivity contribution in [2.45, 2.75) is 43.6 Å². The highest BCUT2D eigenvalue weighted by Crippen LogP contribution is 2.46. The van der Waals surface area contributed by atoms with Crippen molar-refractivity contribution in [2.24, 2.45) is 11.7 Å². The summed E-state index contributed by atoms with van der Waals surface area (Å²) in [6.45, 7) is 0. The van der Waals surface area contributed by atoms with Gasteiger partial charge >= 0.3 is 12.4 Å². The fourth-order valence-corrected chi connectivity index (χ4v) is 2.89. The molecule has 0 atom stereocenters. The van der Waals surface area contributed by atoms with Crippen LogP contribution in [0.1, 0.15) is 36.8 Å². The molecule has 0 aromatic heterocycles. The topological polar surface area (TPSA) is 26.0 Å². The van der Waals surface area contributed by atoms with Crippen molar-refractivity contribution >= 4 is 0 Å². The minimum Gasteiger partial charge on any atom is -0.321 e. The molecule has 7 heteroatoms. The van der Waals surface area contributed by atoms with Crippen LogP contribution in [0.3, 0.4) is 0 Å². The molecule has 0 spiro atoms. The van der Waals surface area contributed by atoms with Gasteiger partial charge in [0.05, 0.1) is 11.5 Å². The second kappa shape index (κ2) is 5.19. The average Bonchev–Trinajstić information content (AvgIpc) is 2.37. The van der Waals surface area contributed by atoms with E-state index in [1.54, 1.807) is 0 Å². The molecule has 0 radical (unpaired) electrons. The Morgan fingerprint density at radius 1 is 0.952 bits per heavy atom. The molecule has 1 aliphatic carbocycles. The summed E-state index contributed by atoms with van der Waals surface area (Å²) in [7, 11) is 0. The Hall–Kier alpha value is -1.24. The number of hydrogen-bond acceptors (Lipinski definition) is 1. The van der Waals surface area contributed by atoms with Gasteiger partial charge in [0, 0.05) is 5.54 Å². The minimum atomic E-state index is -4.57. The predicted molar refractivity (Wildman–Crippen MR) is 65.3 cm³/mol. The van der Waals surface area contributed by atoms with E-state index < -0.39 is 29.4 Å². The van der Waals surface area contributed by atoms with E-state index in [2.05, 4.69) is 0 Å². The van der Waals surface area contributed by atoms with Crippen molar-refractivity contribution in [3.05, 3.63) is 35.4 Å². The van der Waals surface area contributed by atoms with Crippen molar-refractivity contribution < 1.29 is 26.3 Å². The van der Waals surface area contributed by atoms with Crippen LogP contribution < -0.4 is 5.73 Å². The van der Waals surface area contributed by atoms with Crippen LogP contribution in [0.25, 0.3) is 0 Å². The quantitative estimate of drug-likeness (QED) is 0.753. The molecule has 2 rings (SSSR count). The highest BCUT2D eigenvalue weighted by atomic mass is 19.4. The Kier molecular flexibility index (Phi) is 3.99. The molecule has 1 saturated carbocycles. The van der Waals surface area contributed by atoms with Crippen LogP contribution in [0.4, 0.5) is 26.3 Å². The first-order valence-electron chi connectivity index (χ1n) is 6.56. The van der Waals surface area contributed by atoms with Crippen LogP contribution in [0.2, 0.25) is 0 Å². The molecular weight excluding hydrogens is 296 g/mol. The smallest absolute Gasteiger partial charge is 0.321 e. The standard InChI is InChI=1S/C14H15F6N/c15-13(16,17)9-5-7-12(21,8-6-9)10-3-1-2-4-11(10)14(18,19)20/h1-4,9H,5-8,21H2. The fourth-order valence-electron chi connectivity index (χ4n) is 2.89. The van der Waals surface area contributed by atoms with E-state index in [1.807, 2.05) is 0 Å². The number of halogens is 6. The monoisotopic (exact) mass is 311 g/mol. The zero-order valence-corrected chi connectivity index (χ0v) is 11.1. The normalized spacial score (nSPS) is 27.7. The maximum absolute atomic E-state index is 13.0. The lowest BCUT2D eigenvalue weighted by Crippen LogP contribution is -2.44. The Bertz CT molecular complexity index is 497. The largest absolute Gasteiger partial charge is 0.416 e. The van der Waals surface area contributed by atoms with Gasteiger partial charge in [-0.15, -0.1) is 0 Å². The van der Waals surface area contributed by atoms with E-state index in [-0.39, 0.29) is 31.2 Å². The van der Waals surface area contributed by atoms with Gasteiger partial charge in [0.2, 0.25) is 0 Å². The van der Waals surface area contributed by atoms with Crippen LogP contribution >= 0.6 is 0 Å². The van der Waals surface area contributed by atoms with Gasteiger partial charge in [-0.05, 0) is 37.3 Å². The first-order valence-corrected chi connectivity index (χ1v) is 6.56. The fraction of sp³-hybridized carbons (Fsp3) is 0.571. The highest BCUT2D eigenvalue weighted by molar-refractivity contribution is 5.36. The maximum Gasteiger partial charge on any atom is 0.416 e. The predicted octanol–water partition coefficient (Wildman–Crippen LogP) is 4.61. The lowest BCUT2D eigenvalue weighted by Gasteiger charge is -2.39. The average molecular weight is 311 g/mol. The van der Waals surface area contributed by atoms with E-state index in [0.29, 0.717) is 0 Å². The molecule has 21 heavy (non-hydrogen) atoms. The molecule has 1 aromatic carbocycles. The molecule has 1 nitrogen and oxygen atoms in total. The zero-order chi connectivity index (χ0) is 15.9. The molecule has 2 N–H and O–H groups in total. The Morgan fingerprint density at radius 2 is 1.48 bits per heavy atom. The Labute approximate surface area is 118 Å². The van der Waals surface area contributed by atoms with Crippen molar-refractivity contribution in [1.82, 2.24) is 0 Å². The van der Waals surface area contributed by atoms with E-state index >= 15 is 0 Å². The van der Waals surface area contributed by atoms with E-state index in [0.717, 1.165) is 6.07 Å². The van der Waals surface area contributed by atoms with Gasteiger partial charge in [0.15, 0.2) is 0 Å². The number of nitrogens with two attached hydrogens (primary N) is 1. The first kappa shape index (κ1) is 16.1.